The second-order valence-electron chi connectivity index (χ2n) is 4.30. The van der Waals surface area contributed by atoms with Gasteiger partial charge in [-0.15, -0.1) is 0 Å². The predicted molar refractivity (Wildman–Crippen MR) is 82.6 cm³/mol. The minimum absolute atomic E-state index is 0.0185. The smallest absolute Gasteiger partial charge is 0.222 e. The van der Waals surface area contributed by atoms with E-state index in [1.165, 1.54) is 0 Å². The van der Waals surface area contributed by atoms with Gasteiger partial charge in [-0.1, -0.05) is 30.3 Å². The maximum absolute atomic E-state index is 11.7. The Morgan fingerprint density at radius 1 is 1.05 bits per heavy atom. The zero-order valence-electron chi connectivity index (χ0n) is 12.3. The van der Waals surface area contributed by atoms with E-state index in [1.54, 1.807) is 0 Å². The van der Waals surface area contributed by atoms with Crippen LogP contribution in [0.15, 0.2) is 35.3 Å². The monoisotopic (exact) mass is 276 g/mol. The Morgan fingerprint density at radius 2 is 1.70 bits per heavy atom. The van der Waals surface area contributed by atoms with Crippen molar-refractivity contribution < 1.29 is 4.79 Å². The number of nitrogens with zero attached hydrogens (tertiary/aromatic N) is 1. The van der Waals surface area contributed by atoms with Crippen LogP contribution in [0, 0.1) is 0 Å². The van der Waals surface area contributed by atoms with Crippen molar-refractivity contribution in [1.29, 1.82) is 0 Å². The summed E-state index contributed by atoms with van der Waals surface area (Å²) in [7, 11) is 0. The highest BCUT2D eigenvalue weighted by atomic mass is 16.1. The molecule has 0 aliphatic rings. The van der Waals surface area contributed by atoms with Gasteiger partial charge >= 0.3 is 0 Å². The molecule has 0 aliphatic heterocycles. The van der Waals surface area contributed by atoms with Crippen LogP contribution in [-0.4, -0.2) is 31.5 Å². The SMILES string of the molecule is CCNC(=NCCC(=O)NCc1ccccc1)NCC. The molecule has 3 N–H and O–H groups in total. The van der Waals surface area contributed by atoms with Gasteiger partial charge in [0.25, 0.3) is 0 Å². The van der Waals surface area contributed by atoms with Crippen LogP contribution in [0.25, 0.3) is 0 Å². The Labute approximate surface area is 120 Å². The molecular weight excluding hydrogens is 252 g/mol. The molecule has 0 radical (unpaired) electrons. The Hall–Kier alpha value is -2.04. The van der Waals surface area contributed by atoms with E-state index in [4.69, 9.17) is 0 Å². The molecule has 0 heterocycles. The van der Waals surface area contributed by atoms with Crippen molar-refractivity contribution in [2.75, 3.05) is 19.6 Å². The van der Waals surface area contributed by atoms with E-state index in [1.807, 2.05) is 44.2 Å². The Kier molecular flexibility index (Phi) is 7.87. The minimum atomic E-state index is 0.0185. The van der Waals surface area contributed by atoms with Crippen LogP contribution in [0.5, 0.6) is 0 Å². The molecular formula is C15H24N4O. The molecule has 1 rings (SSSR count). The summed E-state index contributed by atoms with van der Waals surface area (Å²) in [4.78, 5) is 16.0. The minimum Gasteiger partial charge on any atom is -0.357 e. The van der Waals surface area contributed by atoms with Crippen molar-refractivity contribution in [3.05, 3.63) is 35.9 Å². The molecule has 1 aromatic carbocycles. The molecule has 1 aromatic rings. The number of guanidine groups is 1. The van der Waals surface area contributed by atoms with E-state index < -0.39 is 0 Å². The summed E-state index contributed by atoms with van der Waals surface area (Å²) in [6.45, 7) is 6.70. The van der Waals surface area contributed by atoms with Gasteiger partial charge in [-0.25, -0.2) is 0 Å². The first-order chi connectivity index (χ1) is 9.76. The molecule has 20 heavy (non-hydrogen) atoms. The molecule has 5 heteroatoms. The lowest BCUT2D eigenvalue weighted by Crippen LogP contribution is -2.37. The average molecular weight is 276 g/mol. The van der Waals surface area contributed by atoms with Gasteiger partial charge in [0.15, 0.2) is 5.96 Å². The van der Waals surface area contributed by atoms with Gasteiger partial charge in [-0.2, -0.15) is 0 Å². The van der Waals surface area contributed by atoms with Crippen LogP contribution in [-0.2, 0) is 11.3 Å². The number of rotatable bonds is 7. The molecule has 1 amide bonds. The Bertz CT molecular complexity index is 409. The molecule has 0 aromatic heterocycles. The van der Waals surface area contributed by atoms with Crippen LogP contribution in [0.2, 0.25) is 0 Å². The fourth-order valence-electron chi connectivity index (χ4n) is 1.66. The largest absolute Gasteiger partial charge is 0.357 e. The van der Waals surface area contributed by atoms with Gasteiger partial charge in [0.2, 0.25) is 5.91 Å². The van der Waals surface area contributed by atoms with Crippen molar-refractivity contribution >= 4 is 11.9 Å². The third-order valence-electron chi connectivity index (χ3n) is 2.63. The van der Waals surface area contributed by atoms with Gasteiger partial charge in [0, 0.05) is 26.1 Å². The number of amides is 1. The number of nitrogens with one attached hydrogen (secondary N) is 3. The van der Waals surface area contributed by atoms with Crippen LogP contribution in [0.1, 0.15) is 25.8 Å². The van der Waals surface area contributed by atoms with E-state index in [0.717, 1.165) is 24.6 Å². The summed E-state index contributed by atoms with van der Waals surface area (Å²) in [5.41, 5.74) is 1.10. The van der Waals surface area contributed by atoms with Gasteiger partial charge in [0.05, 0.1) is 6.54 Å². The summed E-state index contributed by atoms with van der Waals surface area (Å²) < 4.78 is 0. The lowest BCUT2D eigenvalue weighted by molar-refractivity contribution is -0.121. The summed E-state index contributed by atoms with van der Waals surface area (Å²) in [5.74, 6) is 0.774. The van der Waals surface area contributed by atoms with Crippen LogP contribution >= 0.6 is 0 Å². The second kappa shape index (κ2) is 9.83. The number of carbonyl (C=O) groups is 1. The third kappa shape index (κ3) is 6.78. The molecule has 0 fully saturated rings. The number of hydrogen-bond donors (Lipinski definition) is 3. The quantitative estimate of drug-likeness (QED) is 0.519. The maximum atomic E-state index is 11.7. The van der Waals surface area contributed by atoms with E-state index >= 15 is 0 Å². The number of benzene rings is 1. The summed E-state index contributed by atoms with van der Waals surface area (Å²) in [5, 5.41) is 9.13. The van der Waals surface area contributed by atoms with E-state index in [-0.39, 0.29) is 5.91 Å². The predicted octanol–water partition coefficient (Wildman–Crippen LogP) is 1.27. The molecule has 0 bridgehead atoms. The number of carbonyl (C=O) groups excluding carboxylic acids is 1. The van der Waals surface area contributed by atoms with Gasteiger partial charge in [0.1, 0.15) is 0 Å². The van der Waals surface area contributed by atoms with Gasteiger partial charge in [-0.05, 0) is 19.4 Å². The molecule has 0 atom stereocenters. The molecule has 0 saturated carbocycles. The number of aliphatic imine (C=N–C) groups is 1. The zero-order chi connectivity index (χ0) is 14.6. The van der Waals surface area contributed by atoms with Gasteiger partial charge in [-0.3, -0.25) is 9.79 Å². The Balaban J connectivity index is 2.26. The standard InChI is InChI=1S/C15H24N4O/c1-3-16-15(17-4-2)18-11-10-14(20)19-12-13-8-6-5-7-9-13/h5-9H,3-4,10-12H2,1-2H3,(H,19,20)(H2,16,17,18). The first-order valence-electron chi connectivity index (χ1n) is 7.09. The molecule has 0 saturated heterocycles. The van der Waals surface area contributed by atoms with Crippen molar-refractivity contribution in [1.82, 2.24) is 16.0 Å². The molecule has 0 spiro atoms. The molecule has 110 valence electrons. The van der Waals surface area contributed by atoms with Crippen LogP contribution < -0.4 is 16.0 Å². The lowest BCUT2D eigenvalue weighted by Gasteiger charge is -2.09. The second-order valence-corrected chi connectivity index (χ2v) is 4.30. The van der Waals surface area contributed by atoms with E-state index in [2.05, 4.69) is 20.9 Å². The molecule has 5 nitrogen and oxygen atoms in total. The van der Waals surface area contributed by atoms with Crippen LogP contribution in [0.4, 0.5) is 0 Å². The first-order valence-corrected chi connectivity index (χ1v) is 7.09. The third-order valence-corrected chi connectivity index (χ3v) is 2.63. The fourth-order valence-corrected chi connectivity index (χ4v) is 1.66. The first kappa shape index (κ1) is 16.0. The van der Waals surface area contributed by atoms with Crippen LogP contribution in [0.3, 0.4) is 0 Å². The highest BCUT2D eigenvalue weighted by molar-refractivity contribution is 5.80. The highest BCUT2D eigenvalue weighted by Gasteiger charge is 2.01. The molecule has 0 aliphatic carbocycles. The summed E-state index contributed by atoms with van der Waals surface area (Å²) in [6.07, 6.45) is 0.396. The summed E-state index contributed by atoms with van der Waals surface area (Å²) >= 11 is 0. The van der Waals surface area contributed by atoms with Crippen molar-refractivity contribution in [2.45, 2.75) is 26.8 Å². The number of hydrogen-bond acceptors (Lipinski definition) is 2. The van der Waals surface area contributed by atoms with E-state index in [9.17, 15) is 4.79 Å². The van der Waals surface area contributed by atoms with Crippen molar-refractivity contribution in [3.8, 4) is 0 Å². The van der Waals surface area contributed by atoms with E-state index in [0.29, 0.717) is 19.5 Å². The lowest BCUT2D eigenvalue weighted by atomic mass is 10.2. The fraction of sp³-hybridized carbons (Fsp3) is 0.467. The maximum Gasteiger partial charge on any atom is 0.222 e. The topological polar surface area (TPSA) is 65.5 Å². The summed E-state index contributed by atoms with van der Waals surface area (Å²) in [6, 6.07) is 9.87. The van der Waals surface area contributed by atoms with Gasteiger partial charge < -0.3 is 16.0 Å². The highest BCUT2D eigenvalue weighted by Crippen LogP contribution is 1.97. The van der Waals surface area contributed by atoms with Crippen molar-refractivity contribution in [2.24, 2.45) is 4.99 Å². The Morgan fingerprint density at radius 3 is 2.30 bits per heavy atom. The zero-order valence-corrected chi connectivity index (χ0v) is 12.3. The van der Waals surface area contributed by atoms with Crippen molar-refractivity contribution in [3.63, 3.8) is 0 Å². The normalized spacial score (nSPS) is 9.70. The average Bonchev–Trinajstić information content (AvgIpc) is 2.47. The molecule has 0 unspecified atom stereocenters.